The average Bonchev–Trinajstić information content (AvgIpc) is 3.09. The van der Waals surface area contributed by atoms with E-state index in [9.17, 15) is 9.18 Å². The van der Waals surface area contributed by atoms with E-state index >= 15 is 0 Å². The molecule has 0 saturated heterocycles. The molecule has 0 fully saturated rings. The van der Waals surface area contributed by atoms with Crippen molar-refractivity contribution in [3.05, 3.63) is 94.8 Å². The van der Waals surface area contributed by atoms with Crippen molar-refractivity contribution >= 4 is 44.2 Å². The number of anilines is 1. The van der Waals surface area contributed by atoms with Gasteiger partial charge in [-0.25, -0.2) is 9.37 Å². The summed E-state index contributed by atoms with van der Waals surface area (Å²) >= 11 is 7.34. The molecule has 0 N–H and O–H groups in total. The molecule has 0 atom stereocenters. The zero-order chi connectivity index (χ0) is 18.8. The molecule has 134 valence electrons. The van der Waals surface area contributed by atoms with Crippen molar-refractivity contribution in [1.82, 2.24) is 4.98 Å². The molecule has 1 heterocycles. The number of halogens is 2. The van der Waals surface area contributed by atoms with Gasteiger partial charge in [-0.05, 0) is 42.0 Å². The molecule has 0 saturated carbocycles. The molecule has 4 rings (SSSR count). The van der Waals surface area contributed by atoms with Gasteiger partial charge in [0, 0.05) is 10.6 Å². The summed E-state index contributed by atoms with van der Waals surface area (Å²) in [5.74, 6) is -0.533. The van der Waals surface area contributed by atoms with E-state index < -0.39 is 0 Å². The monoisotopic (exact) mass is 396 g/mol. The number of aromatic nitrogens is 1. The van der Waals surface area contributed by atoms with Crippen LogP contribution in [0.4, 0.5) is 9.52 Å². The standard InChI is InChI=1S/C21H14ClFN2OS/c22-16-8-4-7-15(11-16)20(26)25(13-14-5-2-1-3-6-14)21-24-18-10-9-17(23)12-19(18)27-21/h1-12H,13H2. The van der Waals surface area contributed by atoms with Gasteiger partial charge in [0.15, 0.2) is 5.13 Å². The molecule has 0 aliphatic carbocycles. The summed E-state index contributed by atoms with van der Waals surface area (Å²) in [6.45, 7) is 0.356. The topological polar surface area (TPSA) is 33.2 Å². The predicted molar refractivity (Wildman–Crippen MR) is 108 cm³/mol. The second-order valence-corrected chi connectivity index (χ2v) is 7.44. The van der Waals surface area contributed by atoms with Crippen LogP contribution in [-0.2, 0) is 6.54 Å². The molecular formula is C21H14ClFN2OS. The van der Waals surface area contributed by atoms with Gasteiger partial charge in [0.1, 0.15) is 5.82 Å². The minimum absolute atomic E-state index is 0.208. The number of hydrogen-bond acceptors (Lipinski definition) is 3. The number of benzene rings is 3. The van der Waals surface area contributed by atoms with Gasteiger partial charge in [0.25, 0.3) is 5.91 Å². The fourth-order valence-electron chi connectivity index (χ4n) is 2.77. The lowest BCUT2D eigenvalue weighted by molar-refractivity contribution is 0.0985. The number of hydrogen-bond donors (Lipinski definition) is 0. The predicted octanol–water partition coefficient (Wildman–Crippen LogP) is 5.94. The zero-order valence-electron chi connectivity index (χ0n) is 14.1. The van der Waals surface area contributed by atoms with Gasteiger partial charge in [0.05, 0.1) is 16.8 Å². The summed E-state index contributed by atoms with van der Waals surface area (Å²) < 4.78 is 14.2. The van der Waals surface area contributed by atoms with Crippen LogP contribution in [0.5, 0.6) is 0 Å². The van der Waals surface area contributed by atoms with Crippen molar-refractivity contribution < 1.29 is 9.18 Å². The van der Waals surface area contributed by atoms with Crippen LogP contribution in [0.15, 0.2) is 72.8 Å². The Kier molecular flexibility index (Phi) is 4.88. The number of carbonyl (C=O) groups is 1. The molecule has 4 aromatic rings. The maximum absolute atomic E-state index is 13.5. The van der Waals surface area contributed by atoms with Crippen LogP contribution < -0.4 is 4.90 Å². The molecule has 6 heteroatoms. The molecule has 3 aromatic carbocycles. The van der Waals surface area contributed by atoms with E-state index in [0.717, 1.165) is 5.56 Å². The summed E-state index contributed by atoms with van der Waals surface area (Å²) in [4.78, 5) is 19.3. The van der Waals surface area contributed by atoms with Gasteiger partial charge in [-0.15, -0.1) is 0 Å². The number of fused-ring (bicyclic) bond motifs is 1. The Hall–Kier alpha value is -2.76. The lowest BCUT2D eigenvalue weighted by atomic mass is 10.1. The van der Waals surface area contributed by atoms with Gasteiger partial charge in [0.2, 0.25) is 0 Å². The maximum atomic E-state index is 13.5. The first kappa shape index (κ1) is 17.6. The van der Waals surface area contributed by atoms with Gasteiger partial charge < -0.3 is 0 Å². The first-order valence-corrected chi connectivity index (χ1v) is 9.47. The summed E-state index contributed by atoms with van der Waals surface area (Å²) in [6, 6.07) is 20.9. The number of nitrogens with zero attached hydrogens (tertiary/aromatic N) is 2. The van der Waals surface area contributed by atoms with Crippen molar-refractivity contribution in [1.29, 1.82) is 0 Å². The van der Waals surface area contributed by atoms with Crippen molar-refractivity contribution in [3.8, 4) is 0 Å². The summed E-state index contributed by atoms with van der Waals surface area (Å²) in [7, 11) is 0. The Bertz CT molecular complexity index is 1110. The van der Waals surface area contributed by atoms with Crippen LogP contribution in [0, 0.1) is 5.82 Å². The Morgan fingerprint density at radius 2 is 1.85 bits per heavy atom. The van der Waals surface area contributed by atoms with Crippen molar-refractivity contribution in [2.45, 2.75) is 6.54 Å². The molecular weight excluding hydrogens is 383 g/mol. The highest BCUT2D eigenvalue weighted by molar-refractivity contribution is 7.22. The highest BCUT2D eigenvalue weighted by Gasteiger charge is 2.22. The third kappa shape index (κ3) is 3.84. The third-order valence-corrected chi connectivity index (χ3v) is 5.35. The maximum Gasteiger partial charge on any atom is 0.260 e. The lowest BCUT2D eigenvalue weighted by Crippen LogP contribution is -2.30. The smallest absolute Gasteiger partial charge is 0.260 e. The van der Waals surface area contributed by atoms with Crippen LogP contribution in [0.2, 0.25) is 5.02 Å². The first-order valence-electron chi connectivity index (χ1n) is 8.27. The number of thiazole rings is 1. The van der Waals surface area contributed by atoms with Crippen molar-refractivity contribution in [2.24, 2.45) is 0 Å². The second kappa shape index (κ2) is 7.47. The van der Waals surface area contributed by atoms with Crippen molar-refractivity contribution in [3.63, 3.8) is 0 Å². The van der Waals surface area contributed by atoms with Gasteiger partial charge in [-0.2, -0.15) is 0 Å². The normalized spacial score (nSPS) is 10.9. The minimum Gasteiger partial charge on any atom is -0.279 e. The molecule has 0 aliphatic rings. The molecule has 0 unspecified atom stereocenters. The summed E-state index contributed by atoms with van der Waals surface area (Å²) in [6.07, 6.45) is 0. The zero-order valence-corrected chi connectivity index (χ0v) is 15.7. The molecule has 0 bridgehead atoms. The SMILES string of the molecule is O=C(c1cccc(Cl)c1)N(Cc1ccccc1)c1nc2ccc(F)cc2s1. The second-order valence-electron chi connectivity index (χ2n) is 6.00. The summed E-state index contributed by atoms with van der Waals surface area (Å²) in [5, 5.41) is 1.01. The molecule has 27 heavy (non-hydrogen) atoms. The highest BCUT2D eigenvalue weighted by Crippen LogP contribution is 2.31. The number of amides is 1. The largest absolute Gasteiger partial charge is 0.279 e. The van der Waals surface area contributed by atoms with E-state index in [-0.39, 0.29) is 11.7 Å². The van der Waals surface area contributed by atoms with E-state index in [4.69, 9.17) is 11.6 Å². The molecule has 1 aromatic heterocycles. The lowest BCUT2D eigenvalue weighted by Gasteiger charge is -2.20. The molecule has 0 aliphatic heterocycles. The highest BCUT2D eigenvalue weighted by atomic mass is 35.5. The van der Waals surface area contributed by atoms with E-state index in [1.807, 2.05) is 30.3 Å². The van der Waals surface area contributed by atoms with E-state index in [2.05, 4.69) is 4.98 Å². The van der Waals surface area contributed by atoms with Gasteiger partial charge >= 0.3 is 0 Å². The summed E-state index contributed by atoms with van der Waals surface area (Å²) in [5.41, 5.74) is 2.11. The van der Waals surface area contributed by atoms with E-state index in [1.165, 1.54) is 23.5 Å². The number of carbonyl (C=O) groups excluding carboxylic acids is 1. The molecule has 3 nitrogen and oxygen atoms in total. The van der Waals surface area contributed by atoms with E-state index in [0.29, 0.717) is 32.5 Å². The van der Waals surface area contributed by atoms with Gasteiger partial charge in [-0.3, -0.25) is 9.69 Å². The Morgan fingerprint density at radius 1 is 1.04 bits per heavy atom. The van der Waals surface area contributed by atoms with Crippen LogP contribution in [0.1, 0.15) is 15.9 Å². The van der Waals surface area contributed by atoms with Crippen LogP contribution in [0.25, 0.3) is 10.2 Å². The fourth-order valence-corrected chi connectivity index (χ4v) is 3.95. The fraction of sp³-hybridized carbons (Fsp3) is 0.0476. The van der Waals surface area contributed by atoms with Crippen LogP contribution in [-0.4, -0.2) is 10.9 Å². The third-order valence-electron chi connectivity index (χ3n) is 4.07. The van der Waals surface area contributed by atoms with E-state index in [1.54, 1.807) is 35.2 Å². The first-order chi connectivity index (χ1) is 13.1. The van der Waals surface area contributed by atoms with Gasteiger partial charge in [-0.1, -0.05) is 59.3 Å². The van der Waals surface area contributed by atoms with Crippen LogP contribution >= 0.6 is 22.9 Å². The molecule has 0 radical (unpaired) electrons. The minimum atomic E-state index is -0.325. The molecule has 0 spiro atoms. The Morgan fingerprint density at radius 3 is 2.63 bits per heavy atom. The molecule has 1 amide bonds. The Balaban J connectivity index is 1.77. The van der Waals surface area contributed by atoms with Crippen LogP contribution in [0.3, 0.4) is 0 Å². The quantitative estimate of drug-likeness (QED) is 0.428. The van der Waals surface area contributed by atoms with Crippen molar-refractivity contribution in [2.75, 3.05) is 4.90 Å². The average molecular weight is 397 g/mol. The Labute approximate surface area is 164 Å². The number of rotatable bonds is 4.